The maximum absolute atomic E-state index is 12.5. The molecule has 27 heavy (non-hydrogen) atoms. The van der Waals surface area contributed by atoms with Gasteiger partial charge in [0.15, 0.2) is 18.8 Å². The van der Waals surface area contributed by atoms with Gasteiger partial charge in [0.1, 0.15) is 0 Å². The third-order valence-electron chi connectivity index (χ3n) is 4.29. The van der Waals surface area contributed by atoms with Crippen LogP contribution in [0.25, 0.3) is 11.7 Å². The molecule has 1 unspecified atom stereocenters. The van der Waals surface area contributed by atoms with Gasteiger partial charge in [0.05, 0.1) is 18.8 Å². The van der Waals surface area contributed by atoms with Crippen molar-refractivity contribution < 1.29 is 18.5 Å². The molecule has 3 aromatic rings. The van der Waals surface area contributed by atoms with Crippen LogP contribution in [0.3, 0.4) is 0 Å². The summed E-state index contributed by atoms with van der Waals surface area (Å²) < 4.78 is 10.9. The van der Waals surface area contributed by atoms with Crippen LogP contribution < -0.4 is 10.2 Å². The van der Waals surface area contributed by atoms with Crippen LogP contribution in [0.2, 0.25) is 0 Å². The Kier molecular flexibility index (Phi) is 6.38. The van der Waals surface area contributed by atoms with Gasteiger partial charge in [-0.05, 0) is 31.0 Å². The van der Waals surface area contributed by atoms with Gasteiger partial charge in [0.2, 0.25) is 0 Å². The first-order valence-corrected chi connectivity index (χ1v) is 9.20. The van der Waals surface area contributed by atoms with E-state index in [2.05, 4.69) is 22.4 Å². The Labute approximate surface area is 158 Å². The average Bonchev–Trinajstić information content (AvgIpc) is 3.34. The van der Waals surface area contributed by atoms with Crippen LogP contribution in [0.15, 0.2) is 57.6 Å². The number of hydrogen-bond acceptors (Lipinski definition) is 5. The van der Waals surface area contributed by atoms with Gasteiger partial charge in [-0.1, -0.05) is 37.3 Å². The lowest BCUT2D eigenvalue weighted by atomic mass is 10.1. The number of benzene rings is 1. The predicted molar refractivity (Wildman–Crippen MR) is 99.7 cm³/mol. The van der Waals surface area contributed by atoms with E-state index in [9.17, 15) is 4.79 Å². The monoisotopic (exact) mass is 369 g/mol. The van der Waals surface area contributed by atoms with Crippen molar-refractivity contribution in [2.75, 3.05) is 13.1 Å². The molecule has 0 aliphatic carbocycles. The predicted octanol–water partition coefficient (Wildman–Crippen LogP) is 2.00. The van der Waals surface area contributed by atoms with E-state index in [1.165, 1.54) is 0 Å². The molecule has 2 atom stereocenters. The molecule has 0 aliphatic heterocycles. The highest BCUT2D eigenvalue weighted by Crippen LogP contribution is 2.17. The van der Waals surface area contributed by atoms with E-state index in [0.717, 1.165) is 23.4 Å². The Morgan fingerprint density at radius 3 is 2.70 bits per heavy atom. The van der Waals surface area contributed by atoms with Gasteiger partial charge >= 0.3 is 0 Å². The quantitative estimate of drug-likeness (QED) is 0.603. The van der Waals surface area contributed by atoms with Crippen molar-refractivity contribution in [1.82, 2.24) is 15.5 Å². The maximum Gasteiger partial charge on any atom is 0.283 e. The van der Waals surface area contributed by atoms with Crippen molar-refractivity contribution >= 4 is 5.91 Å². The Hall–Kier alpha value is -2.93. The summed E-state index contributed by atoms with van der Waals surface area (Å²) in [4.78, 5) is 13.6. The Morgan fingerprint density at radius 1 is 1.19 bits per heavy atom. The van der Waals surface area contributed by atoms with Gasteiger partial charge in [0, 0.05) is 0 Å². The van der Waals surface area contributed by atoms with Crippen molar-refractivity contribution in [3.63, 3.8) is 0 Å². The summed E-state index contributed by atoms with van der Waals surface area (Å²) in [5, 5.41) is 11.2. The van der Waals surface area contributed by atoms with Crippen molar-refractivity contribution in [1.29, 1.82) is 0 Å². The first-order chi connectivity index (χ1) is 13.2. The highest BCUT2D eigenvalue weighted by atomic mass is 16.4. The molecule has 0 spiro atoms. The number of quaternary nitrogens is 1. The fraction of sp³-hybridized carbons (Fsp3) is 0.350. The topological polar surface area (TPSA) is 85.6 Å². The summed E-state index contributed by atoms with van der Waals surface area (Å²) in [6.07, 6.45) is 2.52. The molecule has 1 aromatic carbocycles. The molecule has 142 valence electrons. The van der Waals surface area contributed by atoms with E-state index < -0.39 is 0 Å². The van der Waals surface area contributed by atoms with Crippen LogP contribution in [0.4, 0.5) is 0 Å². The standard InChI is InChI=1S/C20H24N4O3/c1-3-11-24(13-18(25)21-15(2)16-8-5-4-6-9-16)14-19-22-23-20(27-19)17-10-7-12-26-17/h4-10,12,15H,3,11,13-14H2,1-2H3,(H,21,25)/p+1/t15-/m0/s1. The van der Waals surface area contributed by atoms with Crippen molar-refractivity contribution in [2.45, 2.75) is 32.9 Å². The van der Waals surface area contributed by atoms with Crippen LogP contribution in [0.1, 0.15) is 37.8 Å². The molecule has 0 bridgehead atoms. The fourth-order valence-corrected chi connectivity index (χ4v) is 2.98. The lowest BCUT2D eigenvalue weighted by Crippen LogP contribution is -3.12. The summed E-state index contributed by atoms with van der Waals surface area (Å²) in [7, 11) is 0. The number of nitrogens with zero attached hydrogens (tertiary/aromatic N) is 2. The average molecular weight is 369 g/mol. The molecule has 1 amide bonds. The highest BCUT2D eigenvalue weighted by molar-refractivity contribution is 5.77. The molecule has 3 rings (SSSR count). The van der Waals surface area contributed by atoms with E-state index in [-0.39, 0.29) is 11.9 Å². The van der Waals surface area contributed by atoms with E-state index >= 15 is 0 Å². The molecule has 0 fully saturated rings. The van der Waals surface area contributed by atoms with Gasteiger partial charge in [-0.25, -0.2) is 0 Å². The number of carbonyl (C=O) groups is 1. The first kappa shape index (κ1) is 18.8. The first-order valence-electron chi connectivity index (χ1n) is 9.20. The molecule has 0 radical (unpaired) electrons. The van der Waals surface area contributed by atoms with Gasteiger partial charge in [-0.2, -0.15) is 0 Å². The minimum absolute atomic E-state index is 0.000534. The van der Waals surface area contributed by atoms with E-state index in [0.29, 0.717) is 30.6 Å². The number of furan rings is 1. The Balaban J connectivity index is 1.58. The van der Waals surface area contributed by atoms with Crippen LogP contribution in [-0.4, -0.2) is 29.2 Å². The minimum atomic E-state index is -0.0319. The van der Waals surface area contributed by atoms with E-state index in [1.54, 1.807) is 18.4 Å². The Morgan fingerprint density at radius 2 is 2.00 bits per heavy atom. The van der Waals surface area contributed by atoms with Crippen LogP contribution in [0, 0.1) is 0 Å². The molecule has 0 saturated heterocycles. The minimum Gasteiger partial charge on any atom is -0.459 e. The normalized spacial score (nSPS) is 13.3. The summed E-state index contributed by atoms with van der Waals surface area (Å²) >= 11 is 0. The second kappa shape index (κ2) is 9.14. The van der Waals surface area contributed by atoms with Crippen molar-refractivity contribution in [3.05, 3.63) is 60.2 Å². The second-order valence-corrected chi connectivity index (χ2v) is 6.53. The van der Waals surface area contributed by atoms with Crippen molar-refractivity contribution in [2.24, 2.45) is 0 Å². The molecular formula is C20H25N4O3+. The molecule has 2 N–H and O–H groups in total. The smallest absolute Gasteiger partial charge is 0.283 e. The summed E-state index contributed by atoms with van der Waals surface area (Å²) in [5.74, 6) is 1.39. The largest absolute Gasteiger partial charge is 0.459 e. The molecule has 2 aromatic heterocycles. The molecule has 7 nitrogen and oxygen atoms in total. The van der Waals surface area contributed by atoms with E-state index in [1.807, 2.05) is 37.3 Å². The van der Waals surface area contributed by atoms with Gasteiger partial charge in [0.25, 0.3) is 17.7 Å². The number of nitrogens with one attached hydrogen (secondary N) is 2. The third kappa shape index (κ3) is 5.27. The zero-order valence-electron chi connectivity index (χ0n) is 15.6. The lowest BCUT2D eigenvalue weighted by molar-refractivity contribution is -0.907. The maximum atomic E-state index is 12.5. The Bertz CT molecular complexity index is 830. The van der Waals surface area contributed by atoms with Crippen LogP contribution in [0.5, 0.6) is 0 Å². The SMILES string of the molecule is CCC[NH+](CC(=O)N[C@@H](C)c1ccccc1)Cc1nnc(-c2ccco2)o1. The summed E-state index contributed by atoms with van der Waals surface area (Å²) in [6, 6.07) is 13.4. The zero-order valence-corrected chi connectivity index (χ0v) is 15.6. The number of rotatable bonds is 9. The molecular weight excluding hydrogens is 344 g/mol. The number of hydrogen-bond donors (Lipinski definition) is 2. The van der Waals surface area contributed by atoms with Gasteiger partial charge in [-0.15, -0.1) is 10.2 Å². The summed E-state index contributed by atoms with van der Waals surface area (Å²) in [6.45, 7) is 5.76. The second-order valence-electron chi connectivity index (χ2n) is 6.53. The van der Waals surface area contributed by atoms with Gasteiger partial charge < -0.3 is 19.1 Å². The zero-order chi connectivity index (χ0) is 19.1. The number of amides is 1. The van der Waals surface area contributed by atoms with E-state index in [4.69, 9.17) is 8.83 Å². The number of aromatic nitrogens is 2. The lowest BCUT2D eigenvalue weighted by Gasteiger charge is -2.19. The van der Waals surface area contributed by atoms with Gasteiger partial charge in [-0.3, -0.25) is 4.79 Å². The summed E-state index contributed by atoms with van der Waals surface area (Å²) in [5.41, 5.74) is 1.09. The molecule has 2 heterocycles. The van der Waals surface area contributed by atoms with Crippen molar-refractivity contribution in [3.8, 4) is 11.7 Å². The molecule has 7 heteroatoms. The number of carbonyl (C=O) groups excluding carboxylic acids is 1. The third-order valence-corrected chi connectivity index (χ3v) is 4.29. The highest BCUT2D eigenvalue weighted by Gasteiger charge is 2.20. The van der Waals surface area contributed by atoms with Crippen LogP contribution >= 0.6 is 0 Å². The molecule has 0 saturated carbocycles. The van der Waals surface area contributed by atoms with Crippen LogP contribution in [-0.2, 0) is 11.3 Å². The molecule has 0 aliphatic rings. The fourth-order valence-electron chi connectivity index (χ4n) is 2.98.